The van der Waals surface area contributed by atoms with Crippen molar-refractivity contribution in [2.75, 3.05) is 14.2 Å². The Bertz CT molecular complexity index is 1200. The predicted octanol–water partition coefficient (Wildman–Crippen LogP) is 4.46. The molecule has 0 atom stereocenters. The zero-order chi connectivity index (χ0) is 20.1. The second kappa shape index (κ2) is 6.68. The van der Waals surface area contributed by atoms with Crippen LogP contribution in [0, 0.1) is 6.92 Å². The summed E-state index contributed by atoms with van der Waals surface area (Å²) >= 11 is 1.54. The number of hydrogen-bond donors (Lipinski definition) is 1. The number of fused-ring (bicyclic) bond motifs is 2. The topological polar surface area (TPSA) is 77.4 Å². The summed E-state index contributed by atoms with van der Waals surface area (Å²) in [5.41, 5.74) is 3.95. The van der Waals surface area contributed by atoms with E-state index in [2.05, 4.69) is 16.0 Å². The molecule has 2 aromatic heterocycles. The molecule has 4 aromatic rings. The van der Waals surface area contributed by atoms with Crippen molar-refractivity contribution in [2.24, 2.45) is 0 Å². The molecule has 0 saturated heterocycles. The fourth-order valence-corrected chi connectivity index (χ4v) is 4.25. The van der Waals surface area contributed by atoms with E-state index in [1.165, 1.54) is 0 Å². The number of aliphatic hydroxyl groups is 1. The molecule has 0 spiro atoms. The molecule has 0 aliphatic rings. The van der Waals surface area contributed by atoms with Gasteiger partial charge in [-0.15, -0.1) is 11.3 Å². The van der Waals surface area contributed by atoms with Gasteiger partial charge in [0.05, 0.1) is 47.3 Å². The van der Waals surface area contributed by atoms with Crippen molar-refractivity contribution < 1.29 is 14.6 Å². The molecule has 0 fully saturated rings. The Morgan fingerprint density at radius 3 is 2.46 bits per heavy atom. The Labute approximate surface area is 166 Å². The standard InChI is InChI=1S/C21H21N3O3S/c1-11-6-13(18-15(7-11)23-17(27-5)10-22-18)20-24-19-14(21(2,3)25)8-12(26-4)9-16(19)28-20/h6-10,25H,1-5H3. The van der Waals surface area contributed by atoms with Gasteiger partial charge in [0.15, 0.2) is 0 Å². The maximum absolute atomic E-state index is 10.6. The van der Waals surface area contributed by atoms with Gasteiger partial charge in [0.25, 0.3) is 0 Å². The smallest absolute Gasteiger partial charge is 0.232 e. The number of aromatic nitrogens is 3. The number of benzene rings is 2. The lowest BCUT2D eigenvalue weighted by molar-refractivity contribution is 0.0798. The molecule has 7 heteroatoms. The van der Waals surface area contributed by atoms with Crippen LogP contribution in [0.1, 0.15) is 25.0 Å². The van der Waals surface area contributed by atoms with Crippen molar-refractivity contribution >= 4 is 32.6 Å². The number of ether oxygens (including phenoxy) is 2. The Morgan fingerprint density at radius 1 is 1.00 bits per heavy atom. The lowest BCUT2D eigenvalue weighted by Gasteiger charge is -2.19. The predicted molar refractivity (Wildman–Crippen MR) is 111 cm³/mol. The molecule has 144 valence electrons. The van der Waals surface area contributed by atoms with Crippen molar-refractivity contribution in [3.8, 4) is 22.2 Å². The van der Waals surface area contributed by atoms with Gasteiger partial charge in [-0.3, -0.25) is 0 Å². The first-order chi connectivity index (χ1) is 13.3. The quantitative estimate of drug-likeness (QED) is 0.550. The molecule has 0 saturated carbocycles. The molecule has 1 N–H and O–H groups in total. The molecule has 4 rings (SSSR count). The van der Waals surface area contributed by atoms with Gasteiger partial charge in [-0.1, -0.05) is 0 Å². The van der Waals surface area contributed by atoms with Crippen LogP contribution in [0.5, 0.6) is 11.6 Å². The van der Waals surface area contributed by atoms with Gasteiger partial charge in [-0.25, -0.2) is 15.0 Å². The average Bonchev–Trinajstić information content (AvgIpc) is 3.08. The van der Waals surface area contributed by atoms with Gasteiger partial charge >= 0.3 is 0 Å². The summed E-state index contributed by atoms with van der Waals surface area (Å²) in [5, 5.41) is 11.5. The van der Waals surface area contributed by atoms with E-state index in [0.717, 1.165) is 42.9 Å². The fourth-order valence-electron chi connectivity index (χ4n) is 3.21. The van der Waals surface area contributed by atoms with Gasteiger partial charge in [-0.2, -0.15) is 0 Å². The monoisotopic (exact) mass is 395 g/mol. The van der Waals surface area contributed by atoms with Gasteiger partial charge in [0.1, 0.15) is 10.8 Å². The normalized spacial score (nSPS) is 11.9. The Balaban J connectivity index is 2.00. The lowest BCUT2D eigenvalue weighted by atomic mass is 9.97. The van der Waals surface area contributed by atoms with Crippen LogP contribution >= 0.6 is 11.3 Å². The van der Waals surface area contributed by atoms with E-state index in [4.69, 9.17) is 14.5 Å². The van der Waals surface area contributed by atoms with Crippen LogP contribution in [0.15, 0.2) is 30.5 Å². The number of methoxy groups -OCH3 is 2. The molecular weight excluding hydrogens is 374 g/mol. The van der Waals surface area contributed by atoms with Crippen LogP contribution in [0.4, 0.5) is 0 Å². The molecule has 2 aromatic carbocycles. The molecule has 0 unspecified atom stereocenters. The highest BCUT2D eigenvalue weighted by Gasteiger charge is 2.24. The highest BCUT2D eigenvalue weighted by atomic mass is 32.1. The van der Waals surface area contributed by atoms with Crippen LogP contribution in [-0.4, -0.2) is 34.3 Å². The van der Waals surface area contributed by atoms with E-state index in [1.54, 1.807) is 45.6 Å². The zero-order valence-electron chi connectivity index (χ0n) is 16.4. The lowest BCUT2D eigenvalue weighted by Crippen LogP contribution is -2.16. The number of nitrogens with zero attached hydrogens (tertiary/aromatic N) is 3. The van der Waals surface area contributed by atoms with Crippen LogP contribution in [0.25, 0.3) is 31.8 Å². The third kappa shape index (κ3) is 3.16. The SMILES string of the molecule is COc1cc(C(C)(C)O)c2nc(-c3cc(C)cc4nc(OC)cnc34)sc2c1. The van der Waals surface area contributed by atoms with E-state index >= 15 is 0 Å². The van der Waals surface area contributed by atoms with Gasteiger partial charge in [0, 0.05) is 11.1 Å². The van der Waals surface area contributed by atoms with E-state index in [9.17, 15) is 5.11 Å². The molecule has 0 aliphatic heterocycles. The van der Waals surface area contributed by atoms with Gasteiger partial charge < -0.3 is 14.6 Å². The Kier molecular flexibility index (Phi) is 4.44. The van der Waals surface area contributed by atoms with Crippen molar-refractivity contribution in [3.63, 3.8) is 0 Å². The minimum Gasteiger partial charge on any atom is -0.497 e. The van der Waals surface area contributed by atoms with Crippen LogP contribution in [0.3, 0.4) is 0 Å². The summed E-state index contributed by atoms with van der Waals surface area (Å²) in [6, 6.07) is 7.82. The van der Waals surface area contributed by atoms with Crippen molar-refractivity contribution in [1.82, 2.24) is 15.0 Å². The molecular formula is C21H21N3O3S. The summed E-state index contributed by atoms with van der Waals surface area (Å²) in [6.07, 6.45) is 1.61. The highest BCUT2D eigenvalue weighted by molar-refractivity contribution is 7.21. The summed E-state index contributed by atoms with van der Waals surface area (Å²) in [4.78, 5) is 13.9. The van der Waals surface area contributed by atoms with E-state index in [-0.39, 0.29) is 0 Å². The van der Waals surface area contributed by atoms with Gasteiger partial charge in [-0.05, 0) is 50.6 Å². The molecule has 2 heterocycles. The van der Waals surface area contributed by atoms with Crippen LogP contribution in [-0.2, 0) is 5.60 Å². The average molecular weight is 395 g/mol. The minimum atomic E-state index is -1.04. The maximum atomic E-state index is 10.6. The molecule has 0 radical (unpaired) electrons. The van der Waals surface area contributed by atoms with Crippen LogP contribution in [0.2, 0.25) is 0 Å². The first-order valence-electron chi connectivity index (χ1n) is 8.83. The highest BCUT2D eigenvalue weighted by Crippen LogP contribution is 2.40. The second-order valence-corrected chi connectivity index (χ2v) is 8.22. The fraction of sp³-hybridized carbons (Fsp3) is 0.286. The van der Waals surface area contributed by atoms with E-state index < -0.39 is 5.60 Å². The molecule has 0 aliphatic carbocycles. The van der Waals surface area contributed by atoms with Gasteiger partial charge in [0.2, 0.25) is 5.88 Å². The first kappa shape index (κ1) is 18.6. The summed E-state index contributed by atoms with van der Waals surface area (Å²) in [7, 11) is 3.19. The van der Waals surface area contributed by atoms with E-state index in [0.29, 0.717) is 11.6 Å². The Morgan fingerprint density at radius 2 is 1.79 bits per heavy atom. The second-order valence-electron chi connectivity index (χ2n) is 7.19. The number of rotatable bonds is 4. The summed E-state index contributed by atoms with van der Waals surface area (Å²) < 4.78 is 11.6. The first-order valence-corrected chi connectivity index (χ1v) is 9.65. The third-order valence-corrected chi connectivity index (χ3v) is 5.61. The zero-order valence-corrected chi connectivity index (χ0v) is 17.2. The maximum Gasteiger partial charge on any atom is 0.232 e. The molecule has 28 heavy (non-hydrogen) atoms. The number of thiazole rings is 1. The van der Waals surface area contributed by atoms with Crippen LogP contribution < -0.4 is 9.47 Å². The summed E-state index contributed by atoms with van der Waals surface area (Å²) in [6.45, 7) is 5.52. The summed E-state index contributed by atoms with van der Waals surface area (Å²) in [5.74, 6) is 1.17. The number of aryl methyl sites for hydroxylation is 1. The molecule has 6 nitrogen and oxygen atoms in total. The van der Waals surface area contributed by atoms with Crippen molar-refractivity contribution in [3.05, 3.63) is 41.6 Å². The van der Waals surface area contributed by atoms with Crippen molar-refractivity contribution in [1.29, 1.82) is 0 Å². The Hall–Kier alpha value is -2.77. The third-order valence-electron chi connectivity index (χ3n) is 4.57. The molecule has 0 bridgehead atoms. The molecule has 0 amide bonds. The number of hydrogen-bond acceptors (Lipinski definition) is 7. The van der Waals surface area contributed by atoms with Crippen molar-refractivity contribution in [2.45, 2.75) is 26.4 Å². The largest absolute Gasteiger partial charge is 0.497 e. The minimum absolute atomic E-state index is 0.474. The van der Waals surface area contributed by atoms with E-state index in [1.807, 2.05) is 25.1 Å².